The third-order valence-corrected chi connectivity index (χ3v) is 6.57. The number of halogens is 1. The minimum absolute atomic E-state index is 0.0786. The van der Waals surface area contributed by atoms with Crippen LogP contribution in [-0.4, -0.2) is 40.2 Å². The first-order valence-corrected chi connectivity index (χ1v) is 12.2. The largest absolute Gasteiger partial charge is 0.352 e. The number of amides is 3. The Morgan fingerprint density at radius 2 is 1.70 bits per heavy atom. The summed E-state index contributed by atoms with van der Waals surface area (Å²) in [4.78, 5) is 41.9. The van der Waals surface area contributed by atoms with Crippen LogP contribution in [0.1, 0.15) is 25.3 Å². The van der Waals surface area contributed by atoms with Gasteiger partial charge in [-0.25, -0.2) is 4.39 Å². The van der Waals surface area contributed by atoms with Gasteiger partial charge in [-0.3, -0.25) is 14.4 Å². The highest BCUT2D eigenvalue weighted by Crippen LogP contribution is 2.31. The molecule has 0 unspecified atom stereocenters. The van der Waals surface area contributed by atoms with Crippen molar-refractivity contribution in [2.45, 2.75) is 32.2 Å². The second kappa shape index (κ2) is 10.3. The number of fused-ring (bicyclic) bond motifs is 1. The Hall–Kier alpha value is -4.46. The number of nitrogens with zero attached hydrogens (tertiary/aromatic N) is 1. The summed E-state index contributed by atoms with van der Waals surface area (Å²) in [5.74, 6) is -0.965. The van der Waals surface area contributed by atoms with Gasteiger partial charge in [0.05, 0.1) is 12.1 Å². The summed E-state index contributed by atoms with van der Waals surface area (Å²) < 4.78 is 15.4. The van der Waals surface area contributed by atoms with Gasteiger partial charge in [0.1, 0.15) is 6.04 Å². The van der Waals surface area contributed by atoms with E-state index in [1.165, 1.54) is 6.92 Å². The van der Waals surface area contributed by atoms with Crippen LogP contribution in [0.3, 0.4) is 0 Å². The topological polar surface area (TPSA) is 94.3 Å². The Morgan fingerprint density at radius 1 is 0.973 bits per heavy atom. The fraction of sp³-hybridized carbons (Fsp3) is 0.207. The summed E-state index contributed by atoms with van der Waals surface area (Å²) in [6, 6.07) is 20.8. The first kappa shape index (κ1) is 24.2. The van der Waals surface area contributed by atoms with Crippen molar-refractivity contribution in [3.05, 3.63) is 84.2 Å². The Kier molecular flexibility index (Phi) is 6.72. The number of benzene rings is 3. The van der Waals surface area contributed by atoms with Gasteiger partial charge in [-0.1, -0.05) is 42.5 Å². The van der Waals surface area contributed by atoms with Crippen LogP contribution >= 0.6 is 0 Å². The summed E-state index contributed by atoms with van der Waals surface area (Å²) in [5, 5.41) is 5.91. The van der Waals surface area contributed by atoms with Crippen LogP contribution in [0.5, 0.6) is 0 Å². The normalized spacial score (nSPS) is 15.1. The molecule has 1 atom stereocenters. The van der Waals surface area contributed by atoms with E-state index in [1.807, 2.05) is 30.3 Å². The minimum atomic E-state index is -0.555. The van der Waals surface area contributed by atoms with Crippen molar-refractivity contribution in [2.75, 3.05) is 17.2 Å². The lowest BCUT2D eigenvalue weighted by Crippen LogP contribution is -2.43. The molecular weight excluding hydrogens is 471 g/mol. The first-order valence-electron chi connectivity index (χ1n) is 12.2. The molecule has 5 rings (SSSR count). The highest BCUT2D eigenvalue weighted by atomic mass is 19.1. The molecule has 0 radical (unpaired) electrons. The number of aromatic amines is 1. The zero-order valence-corrected chi connectivity index (χ0v) is 20.4. The molecule has 0 aliphatic carbocycles. The van der Waals surface area contributed by atoms with Crippen molar-refractivity contribution in [1.82, 2.24) is 9.88 Å². The summed E-state index contributed by atoms with van der Waals surface area (Å²) in [6.45, 7) is 1.97. The molecule has 8 heteroatoms. The molecule has 1 aromatic heterocycles. The van der Waals surface area contributed by atoms with Crippen LogP contribution in [0.4, 0.5) is 15.8 Å². The number of hydrogen-bond acceptors (Lipinski definition) is 3. The molecule has 2 heterocycles. The number of nitrogens with one attached hydrogen (secondary N) is 3. The fourth-order valence-corrected chi connectivity index (χ4v) is 4.79. The average Bonchev–Trinajstić information content (AvgIpc) is 3.50. The van der Waals surface area contributed by atoms with E-state index in [-0.39, 0.29) is 24.1 Å². The maximum atomic E-state index is 15.4. The summed E-state index contributed by atoms with van der Waals surface area (Å²) >= 11 is 0. The predicted molar refractivity (Wildman–Crippen MR) is 142 cm³/mol. The molecule has 4 aromatic rings. The smallest absolute Gasteiger partial charge is 0.247 e. The zero-order chi connectivity index (χ0) is 25.9. The Bertz CT molecular complexity index is 1460. The highest BCUT2D eigenvalue weighted by Gasteiger charge is 2.34. The van der Waals surface area contributed by atoms with Crippen molar-refractivity contribution in [1.29, 1.82) is 0 Å². The van der Waals surface area contributed by atoms with E-state index in [4.69, 9.17) is 0 Å². The highest BCUT2D eigenvalue weighted by molar-refractivity contribution is 6.00. The second-order valence-electron chi connectivity index (χ2n) is 9.23. The number of aromatic nitrogens is 1. The van der Waals surface area contributed by atoms with Gasteiger partial charge in [-0.05, 0) is 48.7 Å². The molecule has 37 heavy (non-hydrogen) atoms. The molecule has 0 bridgehead atoms. The van der Waals surface area contributed by atoms with Gasteiger partial charge in [-0.15, -0.1) is 0 Å². The maximum absolute atomic E-state index is 15.4. The molecule has 3 amide bonds. The van der Waals surface area contributed by atoms with E-state index in [9.17, 15) is 14.4 Å². The SMILES string of the molecule is CC(=O)Nc1ccc(-c2[nH]c3ccc(NC(=O)[C@@H]4CCCN4C(=O)Cc4ccccc4)cc3c2F)cc1. The third-order valence-electron chi connectivity index (χ3n) is 6.57. The van der Waals surface area contributed by atoms with Gasteiger partial charge in [0.2, 0.25) is 17.7 Å². The van der Waals surface area contributed by atoms with E-state index in [0.717, 1.165) is 12.0 Å². The van der Waals surface area contributed by atoms with Gasteiger partial charge in [0.25, 0.3) is 0 Å². The zero-order valence-electron chi connectivity index (χ0n) is 20.4. The molecule has 1 saturated heterocycles. The molecule has 1 aliphatic heterocycles. The number of rotatable bonds is 6. The number of anilines is 2. The Labute approximate surface area is 213 Å². The Balaban J connectivity index is 1.31. The first-order chi connectivity index (χ1) is 17.9. The van der Waals surface area contributed by atoms with Crippen molar-refractivity contribution >= 4 is 40.0 Å². The quantitative estimate of drug-likeness (QED) is 0.345. The van der Waals surface area contributed by atoms with Gasteiger partial charge in [0, 0.05) is 41.3 Å². The van der Waals surface area contributed by atoms with Crippen LogP contribution in [-0.2, 0) is 20.8 Å². The standard InChI is InChI=1S/C29H27FN4O3/c1-18(35)31-21-11-9-20(10-12-21)28-27(30)23-17-22(13-14-24(23)33-28)32-29(37)25-8-5-15-34(25)26(36)16-19-6-3-2-4-7-19/h2-4,6-7,9-14,17,25,33H,5,8,15-16H2,1H3,(H,31,35)(H,32,37)/t25-/m0/s1. The van der Waals surface area contributed by atoms with Crippen LogP contribution in [0.25, 0.3) is 22.2 Å². The van der Waals surface area contributed by atoms with E-state index < -0.39 is 11.9 Å². The number of H-pyrrole nitrogens is 1. The molecule has 1 aliphatic rings. The van der Waals surface area contributed by atoms with E-state index in [2.05, 4.69) is 15.6 Å². The van der Waals surface area contributed by atoms with Gasteiger partial charge in [-0.2, -0.15) is 0 Å². The summed E-state index contributed by atoms with van der Waals surface area (Å²) in [7, 11) is 0. The number of carbonyl (C=O) groups excluding carboxylic acids is 3. The van der Waals surface area contributed by atoms with Crippen molar-refractivity contribution in [2.24, 2.45) is 0 Å². The van der Waals surface area contributed by atoms with Crippen LogP contribution in [0, 0.1) is 5.82 Å². The number of hydrogen-bond donors (Lipinski definition) is 3. The van der Waals surface area contributed by atoms with Gasteiger partial charge in [0.15, 0.2) is 5.82 Å². The van der Waals surface area contributed by atoms with Crippen LogP contribution in [0.15, 0.2) is 72.8 Å². The molecule has 7 nitrogen and oxygen atoms in total. The van der Waals surface area contributed by atoms with E-state index >= 15 is 4.39 Å². The molecule has 3 N–H and O–H groups in total. The molecule has 188 valence electrons. The molecule has 3 aromatic carbocycles. The van der Waals surface area contributed by atoms with Gasteiger partial charge >= 0.3 is 0 Å². The Morgan fingerprint density at radius 3 is 2.43 bits per heavy atom. The maximum Gasteiger partial charge on any atom is 0.247 e. The second-order valence-corrected chi connectivity index (χ2v) is 9.23. The van der Waals surface area contributed by atoms with Crippen molar-refractivity contribution in [3.8, 4) is 11.3 Å². The van der Waals surface area contributed by atoms with Gasteiger partial charge < -0.3 is 20.5 Å². The lowest BCUT2D eigenvalue weighted by atomic mass is 10.1. The monoisotopic (exact) mass is 498 g/mol. The minimum Gasteiger partial charge on any atom is -0.352 e. The summed E-state index contributed by atoms with van der Waals surface area (Å²) in [5.41, 5.74) is 3.55. The third kappa shape index (κ3) is 5.23. The lowest BCUT2D eigenvalue weighted by molar-refractivity contribution is -0.136. The van der Waals surface area contributed by atoms with E-state index in [1.54, 1.807) is 47.4 Å². The lowest BCUT2D eigenvalue weighted by Gasteiger charge is -2.24. The summed E-state index contributed by atoms with van der Waals surface area (Å²) in [6.07, 6.45) is 1.60. The number of likely N-dealkylation sites (tertiary alicyclic amines) is 1. The molecule has 0 spiro atoms. The number of carbonyl (C=O) groups is 3. The van der Waals surface area contributed by atoms with E-state index in [0.29, 0.717) is 46.5 Å². The fourth-order valence-electron chi connectivity index (χ4n) is 4.79. The predicted octanol–water partition coefficient (Wildman–Crippen LogP) is 5.10. The van der Waals surface area contributed by atoms with Crippen LogP contribution < -0.4 is 10.6 Å². The molecular formula is C29H27FN4O3. The molecule has 0 saturated carbocycles. The molecule has 1 fully saturated rings. The average molecular weight is 499 g/mol. The van der Waals surface area contributed by atoms with Crippen molar-refractivity contribution < 1.29 is 18.8 Å². The van der Waals surface area contributed by atoms with Crippen LogP contribution in [0.2, 0.25) is 0 Å². The van der Waals surface area contributed by atoms with Crippen molar-refractivity contribution in [3.63, 3.8) is 0 Å².